The van der Waals surface area contributed by atoms with Crippen molar-refractivity contribution in [3.63, 3.8) is 0 Å². The number of rotatable bonds is 5. The number of hydrogen-bond acceptors (Lipinski definition) is 1. The Kier molecular flexibility index (Phi) is 5.34. The third-order valence-corrected chi connectivity index (χ3v) is 3.80. The fourth-order valence-electron chi connectivity index (χ4n) is 2.50. The highest BCUT2D eigenvalue weighted by Crippen LogP contribution is 2.13. The van der Waals surface area contributed by atoms with Crippen molar-refractivity contribution in [2.75, 3.05) is 19.6 Å². The summed E-state index contributed by atoms with van der Waals surface area (Å²) in [6.45, 7) is 3.93. The molecule has 1 aromatic rings. The minimum Gasteiger partial charge on any atom is -0.303 e. The van der Waals surface area contributed by atoms with Gasteiger partial charge in [0.05, 0.1) is 0 Å². The molecule has 0 unspecified atom stereocenters. The van der Waals surface area contributed by atoms with Gasteiger partial charge in [0, 0.05) is 5.02 Å². The Bertz CT molecular complexity index is 314. The van der Waals surface area contributed by atoms with E-state index in [1.54, 1.807) is 0 Å². The summed E-state index contributed by atoms with van der Waals surface area (Å²) in [5.74, 6) is 0. The first-order valence-corrected chi connectivity index (χ1v) is 7.19. The van der Waals surface area contributed by atoms with Crippen LogP contribution in [0.15, 0.2) is 24.3 Å². The van der Waals surface area contributed by atoms with Crippen LogP contribution in [0.4, 0.5) is 0 Å². The second-order valence-electron chi connectivity index (χ2n) is 4.99. The fourth-order valence-corrected chi connectivity index (χ4v) is 2.62. The SMILES string of the molecule is Clc1ccc(CCCCN2CCCCC2)cc1. The summed E-state index contributed by atoms with van der Waals surface area (Å²) in [5, 5.41) is 0.835. The normalized spacial score (nSPS) is 17.2. The third kappa shape index (κ3) is 4.69. The highest BCUT2D eigenvalue weighted by atomic mass is 35.5. The molecule has 0 atom stereocenters. The number of halogens is 1. The van der Waals surface area contributed by atoms with Crippen LogP contribution in [0.25, 0.3) is 0 Å². The van der Waals surface area contributed by atoms with Crippen LogP contribution in [0.2, 0.25) is 5.02 Å². The lowest BCUT2D eigenvalue weighted by atomic mass is 10.1. The van der Waals surface area contributed by atoms with Gasteiger partial charge in [-0.1, -0.05) is 30.2 Å². The quantitative estimate of drug-likeness (QED) is 0.711. The van der Waals surface area contributed by atoms with Crippen LogP contribution < -0.4 is 0 Å². The lowest BCUT2D eigenvalue weighted by Crippen LogP contribution is -2.30. The first-order valence-electron chi connectivity index (χ1n) is 6.81. The van der Waals surface area contributed by atoms with Gasteiger partial charge in [-0.15, -0.1) is 0 Å². The van der Waals surface area contributed by atoms with E-state index in [1.807, 2.05) is 12.1 Å². The Morgan fingerprint density at radius 2 is 1.65 bits per heavy atom. The van der Waals surface area contributed by atoms with E-state index in [9.17, 15) is 0 Å². The van der Waals surface area contributed by atoms with E-state index in [-0.39, 0.29) is 0 Å². The van der Waals surface area contributed by atoms with Gasteiger partial charge in [0.15, 0.2) is 0 Å². The number of piperidine rings is 1. The van der Waals surface area contributed by atoms with Gasteiger partial charge < -0.3 is 4.90 Å². The highest BCUT2D eigenvalue weighted by molar-refractivity contribution is 6.30. The molecule has 1 nitrogen and oxygen atoms in total. The number of unbranched alkanes of at least 4 members (excludes halogenated alkanes) is 1. The molecule has 17 heavy (non-hydrogen) atoms. The molecule has 0 N–H and O–H groups in total. The van der Waals surface area contributed by atoms with Crippen LogP contribution in [-0.2, 0) is 6.42 Å². The van der Waals surface area contributed by atoms with E-state index in [2.05, 4.69) is 17.0 Å². The molecule has 0 bridgehead atoms. The first-order chi connectivity index (χ1) is 8.34. The van der Waals surface area contributed by atoms with Crippen molar-refractivity contribution in [1.82, 2.24) is 4.90 Å². The molecule has 0 saturated carbocycles. The predicted octanol–water partition coefficient (Wildman–Crippen LogP) is 4.15. The van der Waals surface area contributed by atoms with Gasteiger partial charge in [-0.3, -0.25) is 0 Å². The smallest absolute Gasteiger partial charge is 0.0406 e. The molecule has 0 aliphatic carbocycles. The molecule has 1 aromatic carbocycles. The summed E-state index contributed by atoms with van der Waals surface area (Å²) in [4.78, 5) is 2.62. The monoisotopic (exact) mass is 251 g/mol. The molecule has 0 aromatic heterocycles. The minimum atomic E-state index is 0.835. The van der Waals surface area contributed by atoms with Crippen LogP contribution in [-0.4, -0.2) is 24.5 Å². The second-order valence-corrected chi connectivity index (χ2v) is 5.42. The molecule has 0 radical (unpaired) electrons. The zero-order valence-corrected chi connectivity index (χ0v) is 11.3. The third-order valence-electron chi connectivity index (χ3n) is 3.55. The number of likely N-dealkylation sites (tertiary alicyclic amines) is 1. The average molecular weight is 252 g/mol. The number of aryl methyl sites for hydroxylation is 1. The predicted molar refractivity (Wildman–Crippen MR) is 74.7 cm³/mol. The van der Waals surface area contributed by atoms with Crippen molar-refractivity contribution in [2.24, 2.45) is 0 Å². The zero-order valence-electron chi connectivity index (χ0n) is 10.5. The van der Waals surface area contributed by atoms with Crippen molar-refractivity contribution in [3.8, 4) is 0 Å². The van der Waals surface area contributed by atoms with Crippen LogP contribution in [0, 0.1) is 0 Å². The lowest BCUT2D eigenvalue weighted by Gasteiger charge is -2.26. The maximum absolute atomic E-state index is 5.87. The Hall–Kier alpha value is -0.530. The van der Waals surface area contributed by atoms with Gasteiger partial charge in [0.1, 0.15) is 0 Å². The van der Waals surface area contributed by atoms with Gasteiger partial charge in [-0.25, -0.2) is 0 Å². The standard InChI is InChI=1S/C15H22ClN/c16-15-9-7-14(8-10-15)6-2-5-13-17-11-3-1-4-12-17/h7-10H,1-6,11-13H2. The van der Waals surface area contributed by atoms with Crippen molar-refractivity contribution >= 4 is 11.6 Å². The maximum atomic E-state index is 5.87. The summed E-state index contributed by atoms with van der Waals surface area (Å²) in [7, 11) is 0. The van der Waals surface area contributed by atoms with E-state index >= 15 is 0 Å². The van der Waals surface area contributed by atoms with Crippen LogP contribution in [0.5, 0.6) is 0 Å². The van der Waals surface area contributed by atoms with E-state index in [0.29, 0.717) is 0 Å². The van der Waals surface area contributed by atoms with Crippen LogP contribution in [0.3, 0.4) is 0 Å². The van der Waals surface area contributed by atoms with Gasteiger partial charge in [0.25, 0.3) is 0 Å². The van der Waals surface area contributed by atoms with Gasteiger partial charge in [0.2, 0.25) is 0 Å². The molecule has 2 heteroatoms. The Balaban J connectivity index is 1.60. The highest BCUT2D eigenvalue weighted by Gasteiger charge is 2.08. The van der Waals surface area contributed by atoms with Gasteiger partial charge >= 0.3 is 0 Å². The van der Waals surface area contributed by atoms with Crippen molar-refractivity contribution in [3.05, 3.63) is 34.9 Å². The van der Waals surface area contributed by atoms with Gasteiger partial charge in [-0.2, -0.15) is 0 Å². The summed E-state index contributed by atoms with van der Waals surface area (Å²) in [5.41, 5.74) is 1.41. The molecule has 0 amide bonds. The Morgan fingerprint density at radius 3 is 2.35 bits per heavy atom. The second kappa shape index (κ2) is 7.03. The largest absolute Gasteiger partial charge is 0.303 e. The zero-order chi connectivity index (χ0) is 11.9. The van der Waals surface area contributed by atoms with Crippen molar-refractivity contribution in [1.29, 1.82) is 0 Å². The van der Waals surface area contributed by atoms with E-state index < -0.39 is 0 Å². The molecule has 1 aliphatic rings. The molecule has 2 rings (SSSR count). The molecule has 1 heterocycles. The Morgan fingerprint density at radius 1 is 0.941 bits per heavy atom. The van der Waals surface area contributed by atoms with Crippen molar-refractivity contribution in [2.45, 2.75) is 38.5 Å². The molecule has 94 valence electrons. The topological polar surface area (TPSA) is 3.24 Å². The molecule has 1 saturated heterocycles. The maximum Gasteiger partial charge on any atom is 0.0406 e. The summed E-state index contributed by atoms with van der Waals surface area (Å²) < 4.78 is 0. The molecule has 0 spiro atoms. The fraction of sp³-hybridized carbons (Fsp3) is 0.600. The lowest BCUT2D eigenvalue weighted by molar-refractivity contribution is 0.225. The van der Waals surface area contributed by atoms with Gasteiger partial charge in [-0.05, 0) is 69.4 Å². The molecular formula is C15H22ClN. The molecule has 1 fully saturated rings. The minimum absolute atomic E-state index is 0.835. The molecular weight excluding hydrogens is 230 g/mol. The van der Waals surface area contributed by atoms with Crippen LogP contribution in [0.1, 0.15) is 37.7 Å². The average Bonchev–Trinajstić information content (AvgIpc) is 2.38. The first kappa shape index (κ1) is 12.9. The number of benzene rings is 1. The molecule has 1 aliphatic heterocycles. The number of hydrogen-bond donors (Lipinski definition) is 0. The summed E-state index contributed by atoms with van der Waals surface area (Å²) in [6.07, 6.45) is 8.03. The van der Waals surface area contributed by atoms with E-state index in [4.69, 9.17) is 11.6 Å². The van der Waals surface area contributed by atoms with E-state index in [1.165, 1.54) is 63.7 Å². The Labute approximate surface area is 110 Å². The van der Waals surface area contributed by atoms with Crippen LogP contribution >= 0.6 is 11.6 Å². The number of nitrogens with zero attached hydrogens (tertiary/aromatic N) is 1. The summed E-state index contributed by atoms with van der Waals surface area (Å²) in [6, 6.07) is 8.26. The van der Waals surface area contributed by atoms with Crippen molar-refractivity contribution < 1.29 is 0 Å². The summed E-state index contributed by atoms with van der Waals surface area (Å²) >= 11 is 5.87. The van der Waals surface area contributed by atoms with E-state index in [0.717, 1.165) is 5.02 Å².